The van der Waals surface area contributed by atoms with Crippen LogP contribution in [-0.2, 0) is 20.0 Å². The molecule has 27 heavy (non-hydrogen) atoms. The van der Waals surface area contributed by atoms with Crippen LogP contribution in [0.5, 0.6) is 0 Å². The molecule has 0 atom stereocenters. The second-order valence-electron chi connectivity index (χ2n) is 5.61. The van der Waals surface area contributed by atoms with Gasteiger partial charge in [-0.3, -0.25) is 4.79 Å². The number of benzene rings is 1. The highest BCUT2D eigenvalue weighted by Gasteiger charge is 2.32. The Hall–Kier alpha value is -1.89. The lowest BCUT2D eigenvalue weighted by molar-refractivity contribution is 0.562. The number of rotatable bonds is 5. The van der Waals surface area contributed by atoms with E-state index >= 15 is 0 Å². The van der Waals surface area contributed by atoms with Crippen molar-refractivity contribution in [1.29, 1.82) is 0 Å². The smallest absolute Gasteiger partial charge is 0.267 e. The maximum absolute atomic E-state index is 13.0. The molecule has 3 rings (SSSR count). The van der Waals surface area contributed by atoms with E-state index in [4.69, 9.17) is 0 Å². The summed E-state index contributed by atoms with van der Waals surface area (Å²) in [5.41, 5.74) is 0.110. The van der Waals surface area contributed by atoms with E-state index in [9.17, 15) is 21.6 Å². The largest absolute Gasteiger partial charge is 0.283 e. The van der Waals surface area contributed by atoms with E-state index in [1.807, 2.05) is 30.3 Å². The standard InChI is InChI=1S/C15H15N3O5S4/c1-24-15-16-13-11(9-12(25-13)10-7-5-4-6-8-10)14(19)17(15)18(26(2,20)21)27(3,22)23/h4-9H,1-3H3. The number of sulfonamides is 2. The number of fused-ring (bicyclic) bond motifs is 1. The highest BCUT2D eigenvalue weighted by molar-refractivity contribution is 8.09. The van der Waals surface area contributed by atoms with E-state index < -0.39 is 25.6 Å². The monoisotopic (exact) mass is 445 g/mol. The van der Waals surface area contributed by atoms with Gasteiger partial charge in [0.05, 0.1) is 17.9 Å². The molecule has 0 aliphatic heterocycles. The fraction of sp³-hybridized carbons (Fsp3) is 0.200. The average Bonchev–Trinajstić information content (AvgIpc) is 3.00. The molecule has 0 radical (unpaired) electrons. The van der Waals surface area contributed by atoms with Gasteiger partial charge in [0.1, 0.15) is 4.83 Å². The zero-order valence-electron chi connectivity index (χ0n) is 14.5. The van der Waals surface area contributed by atoms with Crippen LogP contribution < -0.4 is 9.38 Å². The van der Waals surface area contributed by atoms with Crippen molar-refractivity contribution in [1.82, 2.24) is 9.66 Å². The summed E-state index contributed by atoms with van der Waals surface area (Å²) in [5.74, 6) is 0. The fourth-order valence-corrected chi connectivity index (χ4v) is 7.09. The summed E-state index contributed by atoms with van der Waals surface area (Å²) >= 11 is 2.25. The molecule has 2 heterocycles. The minimum absolute atomic E-state index is 0.0372. The number of thioether (sulfide) groups is 1. The Morgan fingerprint density at radius 1 is 1.07 bits per heavy atom. The zero-order chi connectivity index (χ0) is 20.0. The molecule has 0 spiro atoms. The lowest BCUT2D eigenvalue weighted by Gasteiger charge is -2.22. The van der Waals surface area contributed by atoms with Crippen LogP contribution >= 0.6 is 23.1 Å². The topological polar surface area (TPSA) is 106 Å². The first-order valence-corrected chi connectivity index (χ1v) is 13.1. The van der Waals surface area contributed by atoms with Crippen molar-refractivity contribution < 1.29 is 16.8 Å². The second-order valence-corrected chi connectivity index (χ2v) is 11.3. The third-order valence-electron chi connectivity index (χ3n) is 3.49. The van der Waals surface area contributed by atoms with Gasteiger partial charge in [-0.05, 0) is 17.9 Å². The van der Waals surface area contributed by atoms with Crippen molar-refractivity contribution >= 4 is 53.4 Å². The van der Waals surface area contributed by atoms with Crippen LogP contribution in [0.2, 0.25) is 0 Å². The quantitative estimate of drug-likeness (QED) is 0.435. The first kappa shape index (κ1) is 19.9. The van der Waals surface area contributed by atoms with Crippen LogP contribution in [0, 0.1) is 0 Å². The van der Waals surface area contributed by atoms with Crippen LogP contribution in [0.3, 0.4) is 0 Å². The zero-order valence-corrected chi connectivity index (χ0v) is 17.7. The summed E-state index contributed by atoms with van der Waals surface area (Å²) in [6.45, 7) is 0. The molecule has 12 heteroatoms. The Balaban J connectivity index is 2.37. The van der Waals surface area contributed by atoms with E-state index in [2.05, 4.69) is 4.98 Å². The van der Waals surface area contributed by atoms with Crippen molar-refractivity contribution in [3.8, 4) is 10.4 Å². The summed E-state index contributed by atoms with van der Waals surface area (Å²) in [5, 5.41) is 0.110. The van der Waals surface area contributed by atoms with E-state index in [1.165, 1.54) is 11.3 Å². The average molecular weight is 446 g/mol. The van der Waals surface area contributed by atoms with Crippen LogP contribution in [0.25, 0.3) is 20.7 Å². The number of hydrogen-bond donors (Lipinski definition) is 0. The third kappa shape index (κ3) is 3.74. The van der Waals surface area contributed by atoms with Crippen molar-refractivity contribution in [2.45, 2.75) is 5.16 Å². The maximum Gasteiger partial charge on any atom is 0.283 e. The lowest BCUT2D eigenvalue weighted by atomic mass is 10.2. The molecule has 0 unspecified atom stereocenters. The van der Waals surface area contributed by atoms with Gasteiger partial charge in [-0.1, -0.05) is 45.9 Å². The maximum atomic E-state index is 13.0. The normalized spacial score (nSPS) is 12.4. The molecule has 144 valence electrons. The lowest BCUT2D eigenvalue weighted by Crippen LogP contribution is -2.50. The molecular formula is C15H15N3O5S4. The molecule has 0 N–H and O–H groups in total. The summed E-state index contributed by atoms with van der Waals surface area (Å²) in [4.78, 5) is 18.5. The van der Waals surface area contributed by atoms with E-state index in [0.717, 1.165) is 34.7 Å². The van der Waals surface area contributed by atoms with Crippen molar-refractivity contribution in [2.24, 2.45) is 0 Å². The molecule has 0 saturated heterocycles. The molecule has 0 aliphatic carbocycles. The van der Waals surface area contributed by atoms with Gasteiger partial charge in [0.25, 0.3) is 25.6 Å². The summed E-state index contributed by atoms with van der Waals surface area (Å²) < 4.78 is 49.1. The van der Waals surface area contributed by atoms with Gasteiger partial charge < -0.3 is 0 Å². The van der Waals surface area contributed by atoms with Gasteiger partial charge in [-0.25, -0.2) is 21.8 Å². The predicted octanol–water partition coefficient (Wildman–Crippen LogP) is 1.70. The molecule has 0 amide bonds. The van der Waals surface area contributed by atoms with Gasteiger partial charge in [-0.15, -0.1) is 11.3 Å². The number of nitrogens with zero attached hydrogens (tertiary/aromatic N) is 3. The Bertz CT molecular complexity index is 1250. The van der Waals surface area contributed by atoms with Gasteiger partial charge in [0.15, 0.2) is 5.16 Å². The van der Waals surface area contributed by atoms with Gasteiger partial charge in [-0.2, -0.15) is 4.68 Å². The molecule has 0 bridgehead atoms. The Labute approximate surface area is 164 Å². The number of thiophene rings is 1. The van der Waals surface area contributed by atoms with Gasteiger partial charge in [0.2, 0.25) is 0 Å². The molecule has 0 aliphatic rings. The molecule has 8 nitrogen and oxygen atoms in total. The SMILES string of the molecule is CSc1nc2sc(-c3ccccc3)cc2c(=O)n1N(S(C)(=O)=O)S(C)(=O)=O. The number of aromatic nitrogens is 2. The number of hydrogen-bond acceptors (Lipinski definition) is 8. The van der Waals surface area contributed by atoms with Crippen molar-refractivity contribution in [2.75, 3.05) is 22.6 Å². The Kier molecular flexibility index (Phi) is 5.10. The summed E-state index contributed by atoms with van der Waals surface area (Å²) in [6.07, 6.45) is 3.02. The van der Waals surface area contributed by atoms with Crippen LogP contribution in [0.1, 0.15) is 0 Å². The minimum atomic E-state index is -4.29. The van der Waals surface area contributed by atoms with Crippen LogP contribution in [0.4, 0.5) is 0 Å². The van der Waals surface area contributed by atoms with E-state index in [-0.39, 0.29) is 14.4 Å². The van der Waals surface area contributed by atoms with Crippen LogP contribution in [0.15, 0.2) is 46.3 Å². The second kappa shape index (κ2) is 6.93. The third-order valence-corrected chi connectivity index (χ3v) is 8.28. The van der Waals surface area contributed by atoms with Crippen molar-refractivity contribution in [3.05, 3.63) is 46.8 Å². The molecule has 2 aromatic heterocycles. The Morgan fingerprint density at radius 3 is 2.19 bits per heavy atom. The van der Waals surface area contributed by atoms with E-state index in [1.54, 1.807) is 12.3 Å². The predicted molar refractivity (Wildman–Crippen MR) is 109 cm³/mol. The highest BCUT2D eigenvalue weighted by Crippen LogP contribution is 2.32. The van der Waals surface area contributed by atoms with Crippen LogP contribution in [-0.4, -0.2) is 45.3 Å². The van der Waals surface area contributed by atoms with E-state index in [0.29, 0.717) is 9.51 Å². The first-order valence-electron chi connectivity index (χ1n) is 7.41. The Morgan fingerprint density at radius 2 is 1.67 bits per heavy atom. The minimum Gasteiger partial charge on any atom is -0.267 e. The molecule has 0 fully saturated rings. The molecule has 1 aromatic carbocycles. The molecule has 3 aromatic rings. The molecular weight excluding hydrogens is 430 g/mol. The van der Waals surface area contributed by atoms with Gasteiger partial charge in [0, 0.05) is 4.88 Å². The van der Waals surface area contributed by atoms with Gasteiger partial charge >= 0.3 is 0 Å². The highest BCUT2D eigenvalue weighted by atomic mass is 32.3. The van der Waals surface area contributed by atoms with Crippen molar-refractivity contribution in [3.63, 3.8) is 0 Å². The summed E-state index contributed by atoms with van der Waals surface area (Å²) in [6, 6.07) is 10.9. The first-order chi connectivity index (χ1) is 12.5. The fourth-order valence-electron chi connectivity index (χ4n) is 2.52. The molecule has 0 saturated carbocycles. The summed E-state index contributed by atoms with van der Waals surface area (Å²) in [7, 11) is -8.57.